The Kier molecular flexibility index (Phi) is 7.83. The van der Waals surface area contributed by atoms with Gasteiger partial charge in [-0.1, -0.05) is 0 Å². The fourth-order valence-electron chi connectivity index (χ4n) is 3.15. The van der Waals surface area contributed by atoms with Gasteiger partial charge in [0, 0.05) is 19.4 Å². The van der Waals surface area contributed by atoms with Crippen LogP contribution in [0.5, 0.6) is 0 Å². The summed E-state index contributed by atoms with van der Waals surface area (Å²) in [7, 11) is 0. The molecule has 2 aliphatic carbocycles. The van der Waals surface area contributed by atoms with Gasteiger partial charge in [0.15, 0.2) is 0 Å². The van der Waals surface area contributed by atoms with Crippen molar-refractivity contribution in [3.05, 3.63) is 0 Å². The number of ether oxygens (including phenoxy) is 3. The Balaban J connectivity index is 1.54. The molecule has 0 heterocycles. The number of carbonyl (C=O) groups excluding carboxylic acids is 1. The van der Waals surface area contributed by atoms with Crippen molar-refractivity contribution in [1.29, 1.82) is 0 Å². The van der Waals surface area contributed by atoms with E-state index in [1.807, 2.05) is 0 Å². The Morgan fingerprint density at radius 3 is 2.39 bits per heavy atom. The zero-order valence-electron chi connectivity index (χ0n) is 13.7. The van der Waals surface area contributed by atoms with E-state index in [9.17, 15) is 4.79 Å². The summed E-state index contributed by atoms with van der Waals surface area (Å²) in [6.07, 6.45) is 4.17. The molecule has 2 aliphatic rings. The third-order valence-corrected chi connectivity index (χ3v) is 4.49. The number of rotatable bonds is 10. The van der Waals surface area contributed by atoms with Gasteiger partial charge in [-0.15, -0.1) is 11.8 Å². The van der Waals surface area contributed by atoms with E-state index in [1.54, 1.807) is 0 Å². The predicted octanol–water partition coefficient (Wildman–Crippen LogP) is 0.288. The SMILES string of the molecule is NCCOCCOCC(N)C(=O)OCC1C2CCC#CCCC21. The van der Waals surface area contributed by atoms with E-state index in [4.69, 9.17) is 25.7 Å². The summed E-state index contributed by atoms with van der Waals surface area (Å²) in [6, 6.07) is -0.737. The zero-order valence-corrected chi connectivity index (χ0v) is 13.7. The molecule has 0 radical (unpaired) electrons. The Morgan fingerprint density at radius 2 is 1.74 bits per heavy atom. The maximum atomic E-state index is 11.9. The summed E-state index contributed by atoms with van der Waals surface area (Å²) in [5.41, 5.74) is 11.1. The van der Waals surface area contributed by atoms with Crippen LogP contribution < -0.4 is 11.5 Å². The number of fused-ring (bicyclic) bond motifs is 1. The van der Waals surface area contributed by atoms with Gasteiger partial charge in [-0.25, -0.2) is 0 Å². The van der Waals surface area contributed by atoms with Crippen LogP contribution in [0.1, 0.15) is 25.7 Å². The van der Waals surface area contributed by atoms with E-state index >= 15 is 0 Å². The average Bonchev–Trinajstić information content (AvgIpc) is 3.17. The molecule has 0 amide bonds. The maximum absolute atomic E-state index is 11.9. The molecule has 0 aliphatic heterocycles. The minimum atomic E-state index is -0.737. The molecule has 6 heteroatoms. The first kappa shape index (κ1) is 18.2. The van der Waals surface area contributed by atoms with Crippen molar-refractivity contribution in [3.8, 4) is 11.8 Å². The molecule has 23 heavy (non-hydrogen) atoms. The van der Waals surface area contributed by atoms with Crippen molar-refractivity contribution in [2.45, 2.75) is 31.7 Å². The highest BCUT2D eigenvalue weighted by atomic mass is 16.5. The van der Waals surface area contributed by atoms with E-state index < -0.39 is 6.04 Å². The fraction of sp³-hybridized carbons (Fsp3) is 0.824. The molecule has 130 valence electrons. The highest BCUT2D eigenvalue weighted by molar-refractivity contribution is 5.75. The van der Waals surface area contributed by atoms with Crippen LogP contribution in [0, 0.1) is 29.6 Å². The summed E-state index contributed by atoms with van der Waals surface area (Å²) in [5.74, 6) is 7.80. The third kappa shape index (κ3) is 6.11. The minimum Gasteiger partial charge on any atom is -0.464 e. The second-order valence-corrected chi connectivity index (χ2v) is 6.13. The van der Waals surface area contributed by atoms with Gasteiger partial charge in [0.05, 0.1) is 33.0 Å². The van der Waals surface area contributed by atoms with Crippen LogP contribution in [0.2, 0.25) is 0 Å². The molecule has 1 saturated carbocycles. The third-order valence-electron chi connectivity index (χ3n) is 4.49. The van der Waals surface area contributed by atoms with Gasteiger partial charge in [-0.3, -0.25) is 4.79 Å². The standard InChI is InChI=1S/C17H28N2O4/c18-7-8-21-9-10-22-12-16(19)17(20)23-11-15-13-5-3-1-2-4-6-14(13)15/h13-16H,3-12,18-19H2. The maximum Gasteiger partial charge on any atom is 0.325 e. The molecule has 0 saturated heterocycles. The lowest BCUT2D eigenvalue weighted by Gasteiger charge is -2.12. The molecule has 1 fully saturated rings. The second-order valence-electron chi connectivity index (χ2n) is 6.13. The number of nitrogens with two attached hydrogens (primary N) is 2. The van der Waals surface area contributed by atoms with Crippen LogP contribution in [-0.4, -0.2) is 51.6 Å². The van der Waals surface area contributed by atoms with Crippen LogP contribution in [0.25, 0.3) is 0 Å². The zero-order chi connectivity index (χ0) is 16.5. The molecule has 3 unspecified atom stereocenters. The molecule has 3 atom stereocenters. The quantitative estimate of drug-likeness (QED) is 0.340. The Bertz CT molecular complexity index is 414. The van der Waals surface area contributed by atoms with Crippen molar-refractivity contribution in [1.82, 2.24) is 0 Å². The molecule has 0 bridgehead atoms. The van der Waals surface area contributed by atoms with Crippen LogP contribution >= 0.6 is 0 Å². The summed E-state index contributed by atoms with van der Waals surface area (Å²) in [5, 5.41) is 0. The summed E-state index contributed by atoms with van der Waals surface area (Å²) in [4.78, 5) is 11.9. The Labute approximate surface area is 138 Å². The molecule has 0 aromatic carbocycles. The molecule has 0 aromatic heterocycles. The van der Waals surface area contributed by atoms with Gasteiger partial charge in [-0.05, 0) is 30.6 Å². The lowest BCUT2D eigenvalue weighted by Crippen LogP contribution is -2.37. The number of hydrogen-bond acceptors (Lipinski definition) is 6. The molecule has 0 spiro atoms. The van der Waals surface area contributed by atoms with Crippen LogP contribution in [0.3, 0.4) is 0 Å². The average molecular weight is 324 g/mol. The van der Waals surface area contributed by atoms with Crippen molar-refractivity contribution in [2.24, 2.45) is 29.2 Å². The topological polar surface area (TPSA) is 96.8 Å². The smallest absolute Gasteiger partial charge is 0.325 e. The molecule has 6 nitrogen and oxygen atoms in total. The van der Waals surface area contributed by atoms with E-state index in [1.165, 1.54) is 0 Å². The summed E-state index contributed by atoms with van der Waals surface area (Å²) >= 11 is 0. The van der Waals surface area contributed by atoms with Crippen LogP contribution in [-0.2, 0) is 19.0 Å². The van der Waals surface area contributed by atoms with E-state index in [0.717, 1.165) is 25.7 Å². The highest BCUT2D eigenvalue weighted by Crippen LogP contribution is 2.52. The molecule has 4 N–H and O–H groups in total. The first-order valence-corrected chi connectivity index (χ1v) is 8.47. The van der Waals surface area contributed by atoms with Crippen LogP contribution in [0.4, 0.5) is 0 Å². The van der Waals surface area contributed by atoms with Gasteiger partial charge < -0.3 is 25.7 Å². The van der Waals surface area contributed by atoms with Crippen molar-refractivity contribution in [3.63, 3.8) is 0 Å². The van der Waals surface area contributed by atoms with Crippen molar-refractivity contribution in [2.75, 3.05) is 39.6 Å². The monoisotopic (exact) mass is 324 g/mol. The van der Waals surface area contributed by atoms with Gasteiger partial charge in [0.1, 0.15) is 6.04 Å². The highest BCUT2D eigenvalue weighted by Gasteiger charge is 2.49. The normalized spacial score (nSPS) is 27.0. The predicted molar refractivity (Wildman–Crippen MR) is 86.3 cm³/mol. The van der Waals surface area contributed by atoms with Gasteiger partial charge in [-0.2, -0.15) is 0 Å². The largest absolute Gasteiger partial charge is 0.464 e. The van der Waals surface area contributed by atoms with E-state index in [0.29, 0.717) is 50.7 Å². The van der Waals surface area contributed by atoms with E-state index in [2.05, 4.69) is 11.8 Å². The van der Waals surface area contributed by atoms with Crippen molar-refractivity contribution < 1.29 is 19.0 Å². The fourth-order valence-corrected chi connectivity index (χ4v) is 3.15. The van der Waals surface area contributed by atoms with Gasteiger partial charge >= 0.3 is 5.97 Å². The number of carbonyl (C=O) groups is 1. The minimum absolute atomic E-state index is 0.149. The van der Waals surface area contributed by atoms with Crippen molar-refractivity contribution >= 4 is 5.97 Å². The first-order chi connectivity index (χ1) is 11.2. The lowest BCUT2D eigenvalue weighted by molar-refractivity contribution is -0.147. The molecular formula is C17H28N2O4. The number of esters is 1. The molecule has 0 aromatic rings. The van der Waals surface area contributed by atoms with Crippen LogP contribution in [0.15, 0.2) is 0 Å². The van der Waals surface area contributed by atoms with E-state index in [-0.39, 0.29) is 12.6 Å². The molecular weight excluding hydrogens is 296 g/mol. The lowest BCUT2D eigenvalue weighted by atomic mass is 10.1. The van der Waals surface area contributed by atoms with Gasteiger partial charge in [0.25, 0.3) is 0 Å². The summed E-state index contributed by atoms with van der Waals surface area (Å²) in [6.45, 7) is 2.46. The Morgan fingerprint density at radius 1 is 1.09 bits per heavy atom. The molecule has 2 rings (SSSR count). The number of hydrogen-bond donors (Lipinski definition) is 2. The Hall–Kier alpha value is -1.13. The summed E-state index contributed by atoms with van der Waals surface area (Å²) < 4.78 is 15.8. The first-order valence-electron chi connectivity index (χ1n) is 8.47. The second kappa shape index (κ2) is 9.89. The van der Waals surface area contributed by atoms with Gasteiger partial charge in [0.2, 0.25) is 0 Å².